The van der Waals surface area contributed by atoms with E-state index < -0.39 is 0 Å². The largest absolute Gasteiger partial charge is 0.493 e. The molecule has 0 saturated carbocycles. The van der Waals surface area contributed by atoms with Crippen LogP contribution in [0.1, 0.15) is 5.56 Å². The Morgan fingerprint density at radius 1 is 1.06 bits per heavy atom. The lowest BCUT2D eigenvalue weighted by Crippen LogP contribution is -2.03. The van der Waals surface area contributed by atoms with Crippen LogP contribution in [0, 0.1) is 0 Å². The number of benzene rings is 1. The SMILES string of the molecule is COCOc1c(OC)cc(CO)cc1OC. The predicted octanol–water partition coefficient (Wildman–Crippen LogP) is 1.18. The molecule has 0 amide bonds. The van der Waals surface area contributed by atoms with Crippen LogP contribution in [0.2, 0.25) is 0 Å². The summed E-state index contributed by atoms with van der Waals surface area (Å²) in [4.78, 5) is 0. The molecule has 0 radical (unpaired) electrons. The van der Waals surface area contributed by atoms with Gasteiger partial charge in [-0.3, -0.25) is 0 Å². The zero-order valence-electron chi connectivity index (χ0n) is 9.65. The van der Waals surface area contributed by atoms with Gasteiger partial charge in [0.25, 0.3) is 0 Å². The van der Waals surface area contributed by atoms with Gasteiger partial charge in [-0.25, -0.2) is 0 Å². The molecule has 0 spiro atoms. The first-order valence-corrected chi connectivity index (χ1v) is 4.74. The maximum atomic E-state index is 9.07. The van der Waals surface area contributed by atoms with Crippen molar-refractivity contribution in [2.75, 3.05) is 28.1 Å². The zero-order valence-corrected chi connectivity index (χ0v) is 9.65. The number of methoxy groups -OCH3 is 3. The predicted molar refractivity (Wildman–Crippen MR) is 58.0 cm³/mol. The summed E-state index contributed by atoms with van der Waals surface area (Å²) in [5.41, 5.74) is 0.693. The van der Waals surface area contributed by atoms with E-state index in [2.05, 4.69) is 0 Å². The topological polar surface area (TPSA) is 57.2 Å². The molecule has 1 aromatic rings. The molecule has 5 heteroatoms. The van der Waals surface area contributed by atoms with Crippen LogP contribution >= 0.6 is 0 Å². The van der Waals surface area contributed by atoms with E-state index in [0.717, 1.165) is 0 Å². The van der Waals surface area contributed by atoms with Crippen LogP contribution < -0.4 is 14.2 Å². The van der Waals surface area contributed by atoms with Crippen molar-refractivity contribution < 1.29 is 24.1 Å². The van der Waals surface area contributed by atoms with Crippen LogP contribution in [0.4, 0.5) is 0 Å². The van der Waals surface area contributed by atoms with E-state index in [1.54, 1.807) is 12.1 Å². The number of rotatable bonds is 6. The minimum Gasteiger partial charge on any atom is -0.493 e. The second-order valence-electron chi connectivity index (χ2n) is 3.04. The normalized spacial score (nSPS) is 10.0. The summed E-state index contributed by atoms with van der Waals surface area (Å²) in [5.74, 6) is 1.46. The molecule has 0 aliphatic carbocycles. The van der Waals surface area contributed by atoms with Gasteiger partial charge in [-0.05, 0) is 17.7 Å². The molecule has 5 nitrogen and oxygen atoms in total. The second kappa shape index (κ2) is 6.19. The van der Waals surface area contributed by atoms with E-state index in [4.69, 9.17) is 24.1 Å². The molecule has 0 aromatic heterocycles. The van der Waals surface area contributed by atoms with Gasteiger partial charge in [0.1, 0.15) is 0 Å². The monoisotopic (exact) mass is 228 g/mol. The van der Waals surface area contributed by atoms with Crippen LogP contribution in [0.3, 0.4) is 0 Å². The van der Waals surface area contributed by atoms with Crippen LogP contribution in [-0.2, 0) is 11.3 Å². The minimum absolute atomic E-state index is 0.0860. The molecule has 90 valence electrons. The van der Waals surface area contributed by atoms with Crippen molar-refractivity contribution in [3.05, 3.63) is 17.7 Å². The van der Waals surface area contributed by atoms with Crippen molar-refractivity contribution in [3.8, 4) is 17.2 Å². The van der Waals surface area contributed by atoms with E-state index in [9.17, 15) is 0 Å². The Kier molecular flexibility index (Phi) is 4.88. The van der Waals surface area contributed by atoms with Crippen LogP contribution in [0.5, 0.6) is 17.2 Å². The zero-order chi connectivity index (χ0) is 12.0. The molecule has 0 saturated heterocycles. The van der Waals surface area contributed by atoms with Crippen molar-refractivity contribution in [2.24, 2.45) is 0 Å². The van der Waals surface area contributed by atoms with Gasteiger partial charge in [0.05, 0.1) is 20.8 Å². The van der Waals surface area contributed by atoms with Gasteiger partial charge in [-0.1, -0.05) is 0 Å². The van der Waals surface area contributed by atoms with Gasteiger partial charge in [0.15, 0.2) is 18.3 Å². The number of aliphatic hydroxyl groups excluding tert-OH is 1. The Balaban J connectivity index is 3.09. The fourth-order valence-electron chi connectivity index (χ4n) is 1.29. The second-order valence-corrected chi connectivity index (χ2v) is 3.04. The highest BCUT2D eigenvalue weighted by atomic mass is 16.7. The summed E-state index contributed by atoms with van der Waals surface area (Å²) in [6.07, 6.45) is 0. The average Bonchev–Trinajstić information content (AvgIpc) is 2.35. The fourth-order valence-corrected chi connectivity index (χ4v) is 1.29. The Labute approximate surface area is 94.5 Å². The van der Waals surface area contributed by atoms with Gasteiger partial charge in [-0.2, -0.15) is 0 Å². The molecule has 0 bridgehead atoms. The standard InChI is InChI=1S/C11H16O5/c1-13-7-16-11-9(14-2)4-8(6-12)5-10(11)15-3/h4-5,12H,6-7H2,1-3H3. The molecular formula is C11H16O5. The minimum atomic E-state index is -0.0860. The maximum absolute atomic E-state index is 9.07. The molecule has 0 aliphatic heterocycles. The van der Waals surface area contributed by atoms with Crippen molar-refractivity contribution in [1.82, 2.24) is 0 Å². The summed E-state index contributed by atoms with van der Waals surface area (Å²) < 4.78 is 20.5. The lowest BCUT2D eigenvalue weighted by molar-refractivity contribution is 0.0470. The molecule has 1 N–H and O–H groups in total. The van der Waals surface area contributed by atoms with Crippen LogP contribution in [-0.4, -0.2) is 33.2 Å². The first kappa shape index (κ1) is 12.6. The van der Waals surface area contributed by atoms with Gasteiger partial charge in [-0.15, -0.1) is 0 Å². The van der Waals surface area contributed by atoms with Crippen molar-refractivity contribution in [1.29, 1.82) is 0 Å². The van der Waals surface area contributed by atoms with Gasteiger partial charge in [0.2, 0.25) is 5.75 Å². The van der Waals surface area contributed by atoms with E-state index in [1.807, 2.05) is 0 Å². The van der Waals surface area contributed by atoms with Crippen molar-refractivity contribution in [2.45, 2.75) is 6.61 Å². The van der Waals surface area contributed by atoms with E-state index in [1.165, 1.54) is 21.3 Å². The Bertz CT molecular complexity index is 312. The lowest BCUT2D eigenvalue weighted by atomic mass is 10.2. The lowest BCUT2D eigenvalue weighted by Gasteiger charge is -2.14. The third-order valence-electron chi connectivity index (χ3n) is 2.02. The molecule has 1 aromatic carbocycles. The number of ether oxygens (including phenoxy) is 4. The quantitative estimate of drug-likeness (QED) is 0.741. The highest BCUT2D eigenvalue weighted by Gasteiger charge is 2.13. The highest BCUT2D eigenvalue weighted by Crippen LogP contribution is 2.38. The third kappa shape index (κ3) is 2.77. The molecule has 16 heavy (non-hydrogen) atoms. The molecule has 1 rings (SSSR count). The summed E-state index contributed by atoms with van der Waals surface area (Å²) in [6.45, 7) is 0.0163. The molecule has 0 aliphatic rings. The average molecular weight is 228 g/mol. The summed E-state index contributed by atoms with van der Waals surface area (Å²) in [5, 5.41) is 9.07. The Morgan fingerprint density at radius 2 is 1.62 bits per heavy atom. The van der Waals surface area contributed by atoms with Gasteiger partial charge < -0.3 is 24.1 Å². The maximum Gasteiger partial charge on any atom is 0.206 e. The van der Waals surface area contributed by atoms with E-state index in [-0.39, 0.29) is 13.4 Å². The molecule has 0 unspecified atom stereocenters. The summed E-state index contributed by atoms with van der Waals surface area (Å²) >= 11 is 0. The Morgan fingerprint density at radius 3 is 2.00 bits per heavy atom. The molecule has 0 heterocycles. The van der Waals surface area contributed by atoms with Crippen molar-refractivity contribution in [3.63, 3.8) is 0 Å². The highest BCUT2D eigenvalue weighted by molar-refractivity contribution is 5.53. The van der Waals surface area contributed by atoms with Gasteiger partial charge >= 0.3 is 0 Å². The summed E-state index contributed by atoms with van der Waals surface area (Å²) in [7, 11) is 4.58. The summed E-state index contributed by atoms with van der Waals surface area (Å²) in [6, 6.07) is 3.38. The van der Waals surface area contributed by atoms with Crippen molar-refractivity contribution >= 4 is 0 Å². The van der Waals surface area contributed by atoms with E-state index >= 15 is 0 Å². The number of aliphatic hydroxyl groups is 1. The Hall–Kier alpha value is -1.46. The van der Waals surface area contributed by atoms with Crippen LogP contribution in [0.15, 0.2) is 12.1 Å². The number of hydrogen-bond donors (Lipinski definition) is 1. The molecular weight excluding hydrogens is 212 g/mol. The fraction of sp³-hybridized carbons (Fsp3) is 0.455. The molecule has 0 fully saturated rings. The first-order chi connectivity index (χ1) is 7.76. The first-order valence-electron chi connectivity index (χ1n) is 4.74. The molecule has 0 atom stereocenters. The van der Waals surface area contributed by atoms with Crippen LogP contribution in [0.25, 0.3) is 0 Å². The van der Waals surface area contributed by atoms with E-state index in [0.29, 0.717) is 22.8 Å². The smallest absolute Gasteiger partial charge is 0.206 e. The van der Waals surface area contributed by atoms with Gasteiger partial charge in [0, 0.05) is 7.11 Å². The third-order valence-corrected chi connectivity index (χ3v) is 2.02. The number of hydrogen-bond acceptors (Lipinski definition) is 5.